The fourth-order valence-electron chi connectivity index (χ4n) is 1.29. The van der Waals surface area contributed by atoms with Gasteiger partial charge in [-0.15, -0.1) is 0 Å². The predicted octanol–water partition coefficient (Wildman–Crippen LogP) is 2.75. The molecule has 15 heavy (non-hydrogen) atoms. The summed E-state index contributed by atoms with van der Waals surface area (Å²) < 4.78 is 5.19. The van der Waals surface area contributed by atoms with Crippen LogP contribution in [0, 0.1) is 5.92 Å². The molecule has 0 aliphatic carbocycles. The van der Waals surface area contributed by atoms with Crippen LogP contribution in [0.1, 0.15) is 39.5 Å². The zero-order valence-corrected chi connectivity index (χ0v) is 13.7. The number of esters is 1. The van der Waals surface area contributed by atoms with Crippen molar-refractivity contribution in [2.45, 2.75) is 47.7 Å². The van der Waals surface area contributed by atoms with Crippen LogP contribution in [-0.4, -0.2) is 37.0 Å². The zero-order chi connectivity index (χ0) is 11.7. The van der Waals surface area contributed by atoms with Crippen LogP contribution in [0.5, 0.6) is 0 Å². The first-order chi connectivity index (χ1) is 7.15. The van der Waals surface area contributed by atoms with E-state index in [1.807, 2.05) is 0 Å². The van der Waals surface area contributed by atoms with Gasteiger partial charge in [0.25, 0.3) is 0 Å². The number of carbonyl (C=O) groups excluding carboxylic acids is 1. The van der Waals surface area contributed by atoms with Crippen LogP contribution in [0.4, 0.5) is 0 Å². The van der Waals surface area contributed by atoms with Gasteiger partial charge in [-0.25, -0.2) is 0 Å². The normalized spacial score (nSPS) is 14.7. The van der Waals surface area contributed by atoms with Gasteiger partial charge in [0.2, 0.25) is 0 Å². The molecule has 0 spiro atoms. The summed E-state index contributed by atoms with van der Waals surface area (Å²) in [4.78, 5) is 13.5. The van der Waals surface area contributed by atoms with Gasteiger partial charge in [0.1, 0.15) is 0 Å². The molecule has 2 radical (unpaired) electrons. The van der Waals surface area contributed by atoms with E-state index < -0.39 is 21.1 Å². The third-order valence-electron chi connectivity index (χ3n) is 2.50. The van der Waals surface area contributed by atoms with E-state index in [-0.39, 0.29) is 9.24 Å². The van der Waals surface area contributed by atoms with Crippen LogP contribution in [-0.2, 0) is 9.53 Å². The Balaban J connectivity index is 3.74. The van der Waals surface area contributed by atoms with E-state index in [1.165, 1.54) is 19.3 Å². The van der Waals surface area contributed by atoms with E-state index in [1.54, 1.807) is 0 Å². The Bertz CT molecular complexity index is 176. The quantitative estimate of drug-likeness (QED) is 0.419. The van der Waals surface area contributed by atoms with Crippen LogP contribution in [0.25, 0.3) is 0 Å². The van der Waals surface area contributed by atoms with Crippen molar-refractivity contribution < 1.29 is 9.53 Å². The van der Waals surface area contributed by atoms with Crippen molar-refractivity contribution in [1.29, 1.82) is 0 Å². The molecule has 0 N–H and O–H groups in total. The molecule has 0 amide bonds. The number of hydrogen-bond donors (Lipinski definition) is 1. The molecule has 0 saturated carbocycles. The molecule has 0 heterocycles. The van der Waals surface area contributed by atoms with E-state index >= 15 is 0 Å². The Labute approximate surface area is 109 Å². The van der Waals surface area contributed by atoms with Crippen LogP contribution >= 0.6 is 12.6 Å². The van der Waals surface area contributed by atoms with Crippen LogP contribution < -0.4 is 0 Å². The van der Waals surface area contributed by atoms with Crippen molar-refractivity contribution in [3.8, 4) is 0 Å². The molecule has 0 rings (SSSR count). The molecule has 0 aliphatic heterocycles. The van der Waals surface area contributed by atoms with Gasteiger partial charge in [0.15, 0.2) is 0 Å². The monoisotopic (exact) mass is 338 g/mol. The maximum atomic E-state index is 11.4. The van der Waals surface area contributed by atoms with Crippen LogP contribution in [0.2, 0.25) is 4.94 Å². The van der Waals surface area contributed by atoms with Crippen molar-refractivity contribution in [3.05, 3.63) is 0 Å². The summed E-state index contributed by atoms with van der Waals surface area (Å²) in [6, 6.07) is 0. The second-order valence-corrected chi connectivity index (χ2v) is 8.94. The minimum atomic E-state index is -0.637. The van der Waals surface area contributed by atoms with E-state index in [4.69, 9.17) is 4.74 Å². The number of ether oxygens (including phenoxy) is 1. The summed E-state index contributed by atoms with van der Waals surface area (Å²) >= 11 is 3.59. The third kappa shape index (κ3) is 7.50. The predicted molar refractivity (Wildman–Crippen MR) is 68.7 cm³/mol. The van der Waals surface area contributed by atoms with Crippen LogP contribution in [0.3, 0.4) is 0 Å². The van der Waals surface area contributed by atoms with Gasteiger partial charge in [0.05, 0.1) is 0 Å². The Morgan fingerprint density at radius 2 is 2.13 bits per heavy atom. The molecule has 0 saturated heterocycles. The first kappa shape index (κ1) is 15.6. The Kier molecular flexibility index (Phi) is 10.2. The third-order valence-corrected chi connectivity index (χ3v) is 6.68. The van der Waals surface area contributed by atoms with Crippen molar-refractivity contribution in [1.82, 2.24) is 0 Å². The first-order valence-corrected chi connectivity index (χ1v) is 10.7. The molecule has 0 aromatic rings. The van der Waals surface area contributed by atoms with E-state index in [2.05, 4.69) is 31.4 Å². The SMILES string of the molecule is CCCCC(CC)COC(=O)[CH](S)[Sn][CH3]. The van der Waals surface area contributed by atoms with Gasteiger partial charge >= 0.3 is 110 Å². The first-order valence-electron chi connectivity index (χ1n) is 5.67. The molecule has 4 heteroatoms. The molecule has 0 aliphatic rings. The van der Waals surface area contributed by atoms with Gasteiger partial charge in [0, 0.05) is 0 Å². The maximum absolute atomic E-state index is 11.4. The van der Waals surface area contributed by atoms with Gasteiger partial charge in [-0.2, -0.15) is 0 Å². The number of unbranched alkanes of at least 4 members (excludes halogenated alkanes) is 1. The van der Waals surface area contributed by atoms with E-state index in [0.717, 1.165) is 6.42 Å². The summed E-state index contributed by atoms with van der Waals surface area (Å²) in [6.45, 7) is 4.93. The molecule has 2 nitrogen and oxygen atoms in total. The average molecular weight is 337 g/mol. The molecule has 2 unspecified atom stereocenters. The van der Waals surface area contributed by atoms with Gasteiger partial charge < -0.3 is 0 Å². The molecule has 0 aromatic carbocycles. The Morgan fingerprint density at radius 3 is 2.60 bits per heavy atom. The number of thiol groups is 1. The summed E-state index contributed by atoms with van der Waals surface area (Å²) in [5, 5.41) is 0. The zero-order valence-electron chi connectivity index (χ0n) is 9.95. The second-order valence-electron chi connectivity index (χ2n) is 3.74. The summed E-state index contributed by atoms with van der Waals surface area (Å²) in [7, 11) is 0. The van der Waals surface area contributed by atoms with E-state index in [9.17, 15) is 4.79 Å². The van der Waals surface area contributed by atoms with Crippen molar-refractivity contribution in [2.24, 2.45) is 5.92 Å². The average Bonchev–Trinajstić information content (AvgIpc) is 2.27. The van der Waals surface area contributed by atoms with Crippen molar-refractivity contribution in [3.63, 3.8) is 0 Å². The minimum absolute atomic E-state index is 0.0859. The van der Waals surface area contributed by atoms with Crippen molar-refractivity contribution >= 4 is 39.7 Å². The summed E-state index contributed by atoms with van der Waals surface area (Å²) in [6.07, 6.45) is 4.70. The van der Waals surface area contributed by atoms with Gasteiger partial charge in [-0.3, -0.25) is 0 Å². The number of hydrogen-bond acceptors (Lipinski definition) is 3. The van der Waals surface area contributed by atoms with Crippen molar-refractivity contribution in [2.75, 3.05) is 6.61 Å². The standard InChI is InChI=1S/C10H19O2S.CH3.Sn/c1-3-5-6-9(4-2)7-12-10(11)8-13;;/h8-9,13H,3-7H2,1-2H3;1H3;. The molecular formula is C11H22O2SSn. The molecule has 0 aromatic heterocycles. The Morgan fingerprint density at radius 1 is 1.47 bits per heavy atom. The second kappa shape index (κ2) is 9.82. The summed E-state index contributed by atoms with van der Waals surface area (Å²) in [5.74, 6) is 0.444. The number of rotatable bonds is 8. The fourth-order valence-corrected chi connectivity index (χ4v) is 2.28. The topological polar surface area (TPSA) is 26.3 Å². The molecule has 88 valence electrons. The molecule has 2 atom stereocenters. The number of carbonyl (C=O) groups is 1. The fraction of sp³-hybridized carbons (Fsp3) is 0.909. The van der Waals surface area contributed by atoms with Gasteiger partial charge in [-0.05, 0) is 0 Å². The van der Waals surface area contributed by atoms with E-state index in [0.29, 0.717) is 12.5 Å². The molecule has 0 fully saturated rings. The molecule has 0 bridgehead atoms. The molecular weight excluding hydrogens is 315 g/mol. The van der Waals surface area contributed by atoms with Crippen LogP contribution in [0.15, 0.2) is 0 Å². The van der Waals surface area contributed by atoms with Gasteiger partial charge in [-0.1, -0.05) is 0 Å². The summed E-state index contributed by atoms with van der Waals surface area (Å²) in [5.41, 5.74) is 0. The Hall–Kier alpha value is 0.619.